The Bertz CT molecular complexity index is 4870. The Morgan fingerprint density at radius 3 is 1.00 bits per heavy atom. The number of esters is 1. The number of rotatable bonds is 21. The summed E-state index contributed by atoms with van der Waals surface area (Å²) in [5.41, 5.74) is 19.1. The van der Waals surface area contributed by atoms with E-state index >= 15 is 0 Å². The number of unbranched alkanes of at least 4 members (excludes halogenated alkanes) is 1. The molecule has 5 saturated carbocycles. The number of halogens is 3. The number of hydrogen-bond donors (Lipinski definition) is 4. The van der Waals surface area contributed by atoms with Gasteiger partial charge in [-0.15, -0.1) is 0 Å². The maximum absolute atomic E-state index is 11.8. The number of aliphatic hydroxyl groups is 3. The number of aliphatic hydroxyl groups excluding tert-OH is 3. The molecule has 5 aliphatic carbocycles. The molecular formula is C98H122BBr3N12NaO12. The van der Waals surface area contributed by atoms with Crippen LogP contribution in [0.2, 0.25) is 0 Å². The Morgan fingerprint density at radius 2 is 0.724 bits per heavy atom. The van der Waals surface area contributed by atoms with Gasteiger partial charge < -0.3 is 31.4 Å². The van der Waals surface area contributed by atoms with Gasteiger partial charge in [0.1, 0.15) is 6.29 Å². The summed E-state index contributed by atoms with van der Waals surface area (Å²) in [5, 5.41) is 37.4. The Morgan fingerprint density at radius 1 is 0.417 bits per heavy atom. The third-order valence-electron chi connectivity index (χ3n) is 19.6. The zero-order chi connectivity index (χ0) is 91.9. The van der Waals surface area contributed by atoms with Crippen molar-refractivity contribution in [3.63, 3.8) is 0 Å². The first-order chi connectivity index (χ1) is 60.0. The van der Waals surface area contributed by atoms with Crippen LogP contribution in [-0.4, -0.2) is 174 Å². The summed E-state index contributed by atoms with van der Waals surface area (Å²) < 4.78 is 8.01. The predicted molar refractivity (Wildman–Crippen MR) is 508 cm³/mol. The maximum atomic E-state index is 11.8. The number of carboxylic acids is 1. The van der Waals surface area contributed by atoms with Crippen molar-refractivity contribution in [2.24, 2.45) is 29.6 Å². The van der Waals surface area contributed by atoms with Crippen LogP contribution in [0.3, 0.4) is 0 Å². The number of aliphatic carboxylic acids is 1. The number of aldehydes is 1. The second-order valence-corrected chi connectivity index (χ2v) is 33.5. The molecule has 10 aromatic heterocycles. The Labute approximate surface area is 800 Å². The number of amides is 2. The number of carboxylic acid groups (broad SMARTS) is 1. The normalized spacial score (nSPS) is 17.9. The van der Waals surface area contributed by atoms with Gasteiger partial charge in [-0.1, -0.05) is 57.5 Å². The zero-order valence-corrected chi connectivity index (χ0v) is 82.8. The standard InChI is InChI=1S/C13H17NO2.C12H16N2O2.C11H14N2O2.3C10H13NO.C10H11NO.C9H9NO2.C6H6BrN.C5H3Br2N.C2H6.B.Na.H/c1-3-4-7-16-13(15)6-5-12-8-11(2)9-14-10-12;1-8-4-9(7-13-6-8)10-5-11(10)12(15)14(2)16-3;1-9-6-10(8-12-7-9)4-5-11(14)13(2)15-3;4*1-7-2-8(5-11-4-7)10-3-9(10)6-12;1-7-4-8(6-10-5-7)2-3-9(11)12;1-5-2-6(7)4-8-3-5;6-4-1-5(7)3-8-2-4;1-2;;;/h5-6,8-10H,3-4,7H2,1-2H3;4,6-7,10-11H,5H2,1-3H3;4-8H,1-3H3;3*2,4-5,9-10,12H,3,6H2,1H3;2,4-6,9-10H,3H2,1H3;2-6H,1H3,(H,11,12);2-4H,1H3;1-3H;1-2H3;;;/q;;;;;;;;;;;;+1;-1/b6-5+;;5-4+;;;;;3-2+;;;;;;/t;;;9-,10?;9-,10-;;;;;;;;;/m...01........./s1. The number of aryl methyl sites for hydroxylation is 9. The maximum Gasteiger partial charge on any atom is 1.00 e. The molecule has 5 fully saturated rings. The van der Waals surface area contributed by atoms with Crippen LogP contribution >= 0.6 is 47.8 Å². The third-order valence-corrected chi connectivity index (χ3v) is 20.9. The first-order valence-corrected chi connectivity index (χ1v) is 43.9. The summed E-state index contributed by atoms with van der Waals surface area (Å²) in [6, 6.07) is 20.4. The summed E-state index contributed by atoms with van der Waals surface area (Å²) >= 11 is 9.84. The van der Waals surface area contributed by atoms with Gasteiger partial charge in [-0.2, -0.15) is 0 Å². The van der Waals surface area contributed by atoms with E-state index < -0.39 is 5.97 Å². The number of aromatic nitrogens is 10. The number of likely N-dealkylation sites (N-methyl/N-ethyl adjacent to an activating group) is 1. The van der Waals surface area contributed by atoms with E-state index in [0.717, 1.165) is 120 Å². The number of hydroxylamine groups is 4. The molecule has 0 aliphatic heterocycles. The van der Waals surface area contributed by atoms with Crippen LogP contribution in [-0.2, 0) is 38.4 Å². The van der Waals surface area contributed by atoms with E-state index in [1.54, 1.807) is 82.0 Å². The van der Waals surface area contributed by atoms with Gasteiger partial charge in [0.2, 0.25) is 5.91 Å². The molecule has 7 unspecified atom stereocenters. The molecule has 0 bridgehead atoms. The second kappa shape index (κ2) is 61.2. The van der Waals surface area contributed by atoms with E-state index in [9.17, 15) is 24.0 Å². The Kier molecular flexibility index (Phi) is 53.8. The molecule has 5 aliphatic rings. The van der Waals surface area contributed by atoms with Crippen LogP contribution in [0.4, 0.5) is 0 Å². The van der Waals surface area contributed by atoms with Crippen molar-refractivity contribution in [1.82, 2.24) is 60.0 Å². The molecule has 0 aromatic carbocycles. The average Bonchev–Trinajstić information content (AvgIpc) is 1.64. The smallest absolute Gasteiger partial charge is 1.00 e. The van der Waals surface area contributed by atoms with Crippen molar-refractivity contribution in [2.75, 3.05) is 54.7 Å². The fourth-order valence-electron chi connectivity index (χ4n) is 12.4. The number of carbonyl (C=O) groups is 5. The molecule has 0 spiro atoms. The number of carbonyl (C=O) groups excluding carboxylic acids is 4. The molecule has 29 heteroatoms. The summed E-state index contributed by atoms with van der Waals surface area (Å²) in [6.45, 7) is 25.5. The molecule has 10 heterocycles. The van der Waals surface area contributed by atoms with Crippen molar-refractivity contribution in [1.29, 1.82) is 0 Å². The van der Waals surface area contributed by atoms with Crippen molar-refractivity contribution in [3.05, 3.63) is 311 Å². The van der Waals surface area contributed by atoms with Gasteiger partial charge in [0.25, 0.3) is 5.91 Å². The fraction of sp³-hybridized carbons (Fsp3) is 0.378. The number of ether oxygens (including phenoxy) is 1. The molecule has 10 aromatic rings. The molecule has 127 heavy (non-hydrogen) atoms. The predicted octanol–water partition coefficient (Wildman–Crippen LogP) is 15.8. The Hall–Kier alpha value is -9.43. The van der Waals surface area contributed by atoms with E-state index in [2.05, 4.69) is 135 Å². The molecule has 2 amide bonds. The van der Waals surface area contributed by atoms with Gasteiger partial charge in [0.15, 0.2) is 0 Å². The summed E-state index contributed by atoms with van der Waals surface area (Å²) in [5.74, 6) is 2.89. The van der Waals surface area contributed by atoms with Crippen LogP contribution in [0.25, 0.3) is 18.2 Å². The van der Waals surface area contributed by atoms with Crippen molar-refractivity contribution < 1.29 is 89.8 Å². The SMILES string of the molecule is Brc1cncc(Br)c1.CC.CCCCOC(=O)/C=C/c1cncc(C)c1.CON(C)C(=O)/C=C/c1cncc(C)c1.CON(C)C(=O)C1CC1c1cncc(C)c1.Cc1cncc(/C=C/C(=O)O)c1.Cc1cncc(Br)c1.Cc1cncc(C2CC2C=O)c1.Cc1cncc(C2CC2CO)c1.Cc1cncc(C2C[C@H]2CO)c1.Cc1cncc([C@H]2C[C@@H]2CO)c1.[B].[H-].[Na+]. The van der Waals surface area contributed by atoms with Crippen LogP contribution in [0.1, 0.15) is 191 Å². The first kappa shape index (κ1) is 112. The van der Waals surface area contributed by atoms with Gasteiger partial charge >= 0.3 is 41.5 Å². The van der Waals surface area contributed by atoms with Crippen LogP contribution in [0, 0.1) is 91.9 Å². The van der Waals surface area contributed by atoms with E-state index in [-0.39, 0.29) is 69.0 Å². The molecule has 0 saturated heterocycles. The third kappa shape index (κ3) is 44.9. The van der Waals surface area contributed by atoms with Gasteiger partial charge in [-0.25, -0.2) is 19.7 Å². The van der Waals surface area contributed by atoms with E-state index in [1.165, 1.54) is 87.6 Å². The summed E-state index contributed by atoms with van der Waals surface area (Å²) in [4.78, 5) is 105. The minimum absolute atomic E-state index is 0. The molecule has 3 radical (unpaired) electrons. The van der Waals surface area contributed by atoms with Crippen LogP contribution in [0.5, 0.6) is 0 Å². The molecule has 671 valence electrons. The molecule has 10 atom stereocenters. The van der Waals surface area contributed by atoms with Crippen molar-refractivity contribution in [3.8, 4) is 0 Å². The van der Waals surface area contributed by atoms with Gasteiger partial charge in [0.05, 0.1) is 20.8 Å². The molecule has 15 rings (SSSR count). The fourth-order valence-corrected chi connectivity index (χ4v) is 13.9. The van der Waals surface area contributed by atoms with Gasteiger partial charge in [-0.3, -0.25) is 69.1 Å². The summed E-state index contributed by atoms with van der Waals surface area (Å²) in [6.07, 6.45) is 53.2. The van der Waals surface area contributed by atoms with Crippen molar-refractivity contribution in [2.45, 2.75) is 158 Å². The Balaban J connectivity index is 0.000000482. The molecular weight excluding hydrogens is 1810 g/mol. The number of pyridine rings is 10. The van der Waals surface area contributed by atoms with Crippen LogP contribution < -0.4 is 29.6 Å². The molecule has 4 N–H and O–H groups in total. The number of nitrogens with zero attached hydrogens (tertiary/aromatic N) is 12. The minimum atomic E-state index is -0.948. The second-order valence-electron chi connectivity index (χ2n) is 30.7. The van der Waals surface area contributed by atoms with Crippen molar-refractivity contribution >= 4 is 104 Å². The van der Waals surface area contributed by atoms with E-state index in [1.807, 2.05) is 175 Å². The van der Waals surface area contributed by atoms with E-state index in [4.69, 9.17) is 34.8 Å². The monoisotopic (exact) mass is 1930 g/mol. The average molecular weight is 1930 g/mol. The zero-order valence-electron chi connectivity index (χ0n) is 77.0. The van der Waals surface area contributed by atoms with Crippen LogP contribution in [0.15, 0.2) is 216 Å². The first-order valence-electron chi connectivity index (χ1n) is 41.5. The largest absolute Gasteiger partial charge is 1.00 e. The number of hydrogen-bond acceptors (Lipinski definition) is 21. The topological polar surface area (TPSA) is 329 Å². The summed E-state index contributed by atoms with van der Waals surface area (Å²) in [7, 11) is 6.15. The quantitative estimate of drug-likeness (QED) is 0.0130. The van der Waals surface area contributed by atoms with Gasteiger partial charge in [-0.05, 0) is 339 Å². The minimum Gasteiger partial charge on any atom is -1.00 e. The van der Waals surface area contributed by atoms with E-state index in [0.29, 0.717) is 73.8 Å². The van der Waals surface area contributed by atoms with Gasteiger partial charge in [0, 0.05) is 210 Å². The molecule has 24 nitrogen and oxygen atoms in total.